The van der Waals surface area contributed by atoms with Gasteiger partial charge in [-0.15, -0.1) is 0 Å². The first-order valence-corrected chi connectivity index (χ1v) is 5.25. The van der Waals surface area contributed by atoms with Crippen molar-refractivity contribution in [2.45, 2.75) is 13.0 Å². The van der Waals surface area contributed by atoms with E-state index in [1.54, 1.807) is 6.92 Å². The van der Waals surface area contributed by atoms with Gasteiger partial charge < -0.3 is 19.9 Å². The van der Waals surface area contributed by atoms with Crippen LogP contribution in [-0.4, -0.2) is 37.3 Å². The molecule has 1 atom stereocenters. The van der Waals surface area contributed by atoms with Crippen LogP contribution in [0, 0.1) is 0 Å². The second-order valence-corrected chi connectivity index (χ2v) is 3.61. The van der Waals surface area contributed by atoms with E-state index in [4.69, 9.17) is 0 Å². The molecule has 0 radical (unpaired) electrons. The summed E-state index contributed by atoms with van der Waals surface area (Å²) in [6.07, 6.45) is 0. The molecular weight excluding hydrogens is 238 g/mol. The zero-order chi connectivity index (χ0) is 13.7. The highest BCUT2D eigenvalue weighted by molar-refractivity contribution is 5.91. The molecule has 6 nitrogen and oxygen atoms in total. The van der Waals surface area contributed by atoms with Gasteiger partial charge in [-0.1, -0.05) is 0 Å². The zero-order valence-corrected chi connectivity index (χ0v) is 10.4. The second kappa shape index (κ2) is 5.90. The van der Waals surface area contributed by atoms with Crippen molar-refractivity contribution in [2.24, 2.45) is 0 Å². The van der Waals surface area contributed by atoms with Gasteiger partial charge in [0.1, 0.15) is 11.8 Å². The van der Waals surface area contributed by atoms with E-state index in [-0.39, 0.29) is 17.0 Å². The van der Waals surface area contributed by atoms with Crippen LogP contribution >= 0.6 is 0 Å². The van der Waals surface area contributed by atoms with Gasteiger partial charge in [-0.25, -0.2) is 9.59 Å². The SMILES string of the molecule is COC(=O)c1ccc(O)c(NC(C)C(=O)OC)c1. The van der Waals surface area contributed by atoms with E-state index in [0.717, 1.165) is 0 Å². The minimum Gasteiger partial charge on any atom is -0.506 e. The predicted molar refractivity (Wildman–Crippen MR) is 64.5 cm³/mol. The number of esters is 2. The molecule has 2 N–H and O–H groups in total. The Kier molecular flexibility index (Phi) is 4.53. The molecule has 6 heteroatoms. The molecule has 1 unspecified atom stereocenters. The molecule has 0 saturated heterocycles. The largest absolute Gasteiger partial charge is 0.506 e. The van der Waals surface area contributed by atoms with Crippen molar-refractivity contribution in [3.8, 4) is 5.75 Å². The lowest BCUT2D eigenvalue weighted by Gasteiger charge is -2.14. The first kappa shape index (κ1) is 13.8. The third-order valence-corrected chi connectivity index (χ3v) is 2.34. The smallest absolute Gasteiger partial charge is 0.337 e. The van der Waals surface area contributed by atoms with E-state index in [2.05, 4.69) is 14.8 Å². The topological polar surface area (TPSA) is 84.9 Å². The number of benzene rings is 1. The molecule has 0 aliphatic heterocycles. The van der Waals surface area contributed by atoms with E-state index in [1.807, 2.05) is 0 Å². The number of methoxy groups -OCH3 is 2. The summed E-state index contributed by atoms with van der Waals surface area (Å²) in [5, 5.41) is 12.4. The maximum absolute atomic E-state index is 11.3. The van der Waals surface area contributed by atoms with E-state index in [0.29, 0.717) is 0 Å². The number of phenols is 1. The number of nitrogens with one attached hydrogen (secondary N) is 1. The van der Waals surface area contributed by atoms with Gasteiger partial charge in [0, 0.05) is 0 Å². The number of carbonyl (C=O) groups is 2. The molecule has 0 amide bonds. The average molecular weight is 253 g/mol. The van der Waals surface area contributed by atoms with Crippen LogP contribution in [-0.2, 0) is 14.3 Å². The predicted octanol–water partition coefficient (Wildman–Crippen LogP) is 1.15. The Bertz CT molecular complexity index is 458. The Balaban J connectivity index is 2.94. The van der Waals surface area contributed by atoms with Crippen molar-refractivity contribution >= 4 is 17.6 Å². The van der Waals surface area contributed by atoms with Crippen LogP contribution < -0.4 is 5.32 Å². The number of aromatic hydroxyl groups is 1. The Hall–Kier alpha value is -2.24. The van der Waals surface area contributed by atoms with Crippen molar-refractivity contribution in [1.29, 1.82) is 0 Å². The van der Waals surface area contributed by atoms with Crippen LogP contribution in [0.1, 0.15) is 17.3 Å². The number of rotatable bonds is 4. The molecule has 0 spiro atoms. The average Bonchev–Trinajstić information content (AvgIpc) is 2.39. The molecule has 1 rings (SSSR count). The van der Waals surface area contributed by atoms with Crippen molar-refractivity contribution in [1.82, 2.24) is 0 Å². The Morgan fingerprint density at radius 1 is 1.28 bits per heavy atom. The lowest BCUT2D eigenvalue weighted by atomic mass is 10.1. The number of anilines is 1. The number of hydrogen-bond donors (Lipinski definition) is 2. The molecule has 0 aliphatic carbocycles. The van der Waals surface area contributed by atoms with E-state index in [1.165, 1.54) is 32.4 Å². The molecule has 0 saturated carbocycles. The zero-order valence-electron chi connectivity index (χ0n) is 10.4. The Morgan fingerprint density at radius 3 is 2.50 bits per heavy atom. The van der Waals surface area contributed by atoms with Crippen LogP contribution in [0.5, 0.6) is 5.75 Å². The minimum absolute atomic E-state index is 0.0709. The van der Waals surface area contributed by atoms with Crippen molar-refractivity contribution in [3.63, 3.8) is 0 Å². The van der Waals surface area contributed by atoms with Gasteiger partial charge in [0.05, 0.1) is 25.5 Å². The molecule has 98 valence electrons. The first-order chi connectivity index (χ1) is 8.49. The summed E-state index contributed by atoms with van der Waals surface area (Å²) in [4.78, 5) is 22.6. The maximum Gasteiger partial charge on any atom is 0.337 e. The highest BCUT2D eigenvalue weighted by Crippen LogP contribution is 2.25. The fourth-order valence-corrected chi connectivity index (χ4v) is 1.37. The summed E-state index contributed by atoms with van der Waals surface area (Å²) in [5.41, 5.74) is 0.533. The molecule has 0 bridgehead atoms. The number of carbonyl (C=O) groups excluding carboxylic acids is 2. The molecule has 18 heavy (non-hydrogen) atoms. The summed E-state index contributed by atoms with van der Waals surface area (Å²) >= 11 is 0. The maximum atomic E-state index is 11.3. The fraction of sp³-hybridized carbons (Fsp3) is 0.333. The number of ether oxygens (including phenoxy) is 2. The number of hydrogen-bond acceptors (Lipinski definition) is 6. The van der Waals surface area contributed by atoms with E-state index < -0.39 is 18.0 Å². The first-order valence-electron chi connectivity index (χ1n) is 5.25. The van der Waals surface area contributed by atoms with Crippen LogP contribution in [0.2, 0.25) is 0 Å². The van der Waals surface area contributed by atoms with Gasteiger partial charge in [-0.2, -0.15) is 0 Å². The van der Waals surface area contributed by atoms with E-state index >= 15 is 0 Å². The third-order valence-electron chi connectivity index (χ3n) is 2.34. The van der Waals surface area contributed by atoms with Gasteiger partial charge in [0.2, 0.25) is 0 Å². The summed E-state index contributed by atoms with van der Waals surface area (Å²) in [6.45, 7) is 1.58. The highest BCUT2D eigenvalue weighted by atomic mass is 16.5. The van der Waals surface area contributed by atoms with Crippen molar-refractivity contribution in [2.75, 3.05) is 19.5 Å². The molecule has 0 fully saturated rings. The van der Waals surface area contributed by atoms with Gasteiger partial charge >= 0.3 is 11.9 Å². The number of phenolic OH excluding ortho intramolecular Hbond substituents is 1. The fourth-order valence-electron chi connectivity index (χ4n) is 1.37. The minimum atomic E-state index is -0.645. The Morgan fingerprint density at radius 2 is 1.94 bits per heavy atom. The second-order valence-electron chi connectivity index (χ2n) is 3.61. The highest BCUT2D eigenvalue weighted by Gasteiger charge is 2.16. The van der Waals surface area contributed by atoms with Crippen LogP contribution in [0.25, 0.3) is 0 Å². The molecule has 0 aliphatic rings. The van der Waals surface area contributed by atoms with Crippen molar-refractivity contribution in [3.05, 3.63) is 23.8 Å². The molecule has 1 aromatic rings. The monoisotopic (exact) mass is 253 g/mol. The summed E-state index contributed by atoms with van der Waals surface area (Å²) in [6, 6.07) is 3.53. The molecule has 1 aromatic carbocycles. The van der Waals surface area contributed by atoms with Gasteiger partial charge in [-0.3, -0.25) is 0 Å². The van der Waals surface area contributed by atoms with Crippen LogP contribution in [0.15, 0.2) is 18.2 Å². The van der Waals surface area contributed by atoms with Crippen LogP contribution in [0.4, 0.5) is 5.69 Å². The quantitative estimate of drug-likeness (QED) is 0.618. The summed E-state index contributed by atoms with van der Waals surface area (Å²) in [7, 11) is 2.53. The lowest BCUT2D eigenvalue weighted by molar-refractivity contribution is -0.141. The summed E-state index contributed by atoms with van der Waals surface area (Å²) < 4.78 is 9.11. The summed E-state index contributed by atoms with van der Waals surface area (Å²) in [5.74, 6) is -1.07. The van der Waals surface area contributed by atoms with Gasteiger partial charge in [-0.05, 0) is 25.1 Å². The van der Waals surface area contributed by atoms with E-state index in [9.17, 15) is 14.7 Å². The van der Waals surface area contributed by atoms with Gasteiger partial charge in [0.25, 0.3) is 0 Å². The third kappa shape index (κ3) is 3.13. The van der Waals surface area contributed by atoms with Gasteiger partial charge in [0.15, 0.2) is 0 Å². The standard InChI is InChI=1S/C12H15NO5/c1-7(11(15)17-2)13-9-6-8(12(16)18-3)4-5-10(9)14/h4-7,13-14H,1-3H3. The molecular formula is C12H15NO5. The normalized spacial score (nSPS) is 11.5. The Labute approximate surface area is 105 Å². The lowest BCUT2D eigenvalue weighted by Crippen LogP contribution is -2.27. The molecule has 0 heterocycles. The van der Waals surface area contributed by atoms with Crippen molar-refractivity contribution < 1.29 is 24.2 Å². The molecule has 0 aromatic heterocycles. The van der Waals surface area contributed by atoms with Crippen LogP contribution in [0.3, 0.4) is 0 Å².